The van der Waals surface area contributed by atoms with Crippen molar-refractivity contribution in [3.63, 3.8) is 0 Å². The summed E-state index contributed by atoms with van der Waals surface area (Å²) in [4.78, 5) is 15.6. The van der Waals surface area contributed by atoms with E-state index in [1.807, 2.05) is 0 Å². The van der Waals surface area contributed by atoms with Crippen LogP contribution in [0.2, 0.25) is 0 Å². The molecule has 4 nitrogen and oxygen atoms in total. The number of methoxy groups -OCH3 is 1. The second-order valence-corrected chi connectivity index (χ2v) is 4.91. The number of benzene rings is 1. The van der Waals surface area contributed by atoms with E-state index in [4.69, 9.17) is 0 Å². The second-order valence-electron chi connectivity index (χ2n) is 4.91. The summed E-state index contributed by atoms with van der Waals surface area (Å²) in [5, 5.41) is 2.10. The van der Waals surface area contributed by atoms with Crippen LogP contribution in [-0.2, 0) is 6.18 Å². The maximum atomic E-state index is 12.8. The summed E-state index contributed by atoms with van der Waals surface area (Å²) in [7, 11) is 1.01. The van der Waals surface area contributed by atoms with Crippen molar-refractivity contribution in [3.8, 4) is 5.75 Å². The van der Waals surface area contributed by atoms with Gasteiger partial charge in [-0.3, -0.25) is 4.79 Å². The molecule has 0 spiro atoms. The highest BCUT2D eigenvalue weighted by molar-refractivity contribution is 6.74. The van der Waals surface area contributed by atoms with E-state index >= 15 is 0 Å². The lowest BCUT2D eigenvalue weighted by atomic mass is 9.79. The van der Waals surface area contributed by atoms with E-state index in [-0.39, 0.29) is 11.4 Å². The van der Waals surface area contributed by atoms with Gasteiger partial charge in [-0.25, -0.2) is 4.98 Å². The Morgan fingerprint density at radius 3 is 2.40 bits per heavy atom. The van der Waals surface area contributed by atoms with Gasteiger partial charge in [0.2, 0.25) is 0 Å². The molecule has 2 aromatic rings. The third-order valence-corrected chi connectivity index (χ3v) is 3.18. The van der Waals surface area contributed by atoms with Gasteiger partial charge in [0.15, 0.2) is 0 Å². The highest BCUT2D eigenvalue weighted by Crippen LogP contribution is 2.30. The van der Waals surface area contributed by atoms with Gasteiger partial charge in [-0.2, -0.15) is 13.2 Å². The van der Waals surface area contributed by atoms with Crippen LogP contribution in [0.4, 0.5) is 31.9 Å². The first kappa shape index (κ1) is 18.6. The van der Waals surface area contributed by atoms with Gasteiger partial charge >= 0.3 is 13.2 Å². The predicted octanol–water partition coefficient (Wildman–Crippen LogP) is 3.42. The van der Waals surface area contributed by atoms with E-state index in [1.54, 1.807) is 0 Å². The molecule has 0 unspecified atom stereocenters. The summed E-state index contributed by atoms with van der Waals surface area (Å²) in [6, 6.07) is 3.76. The fourth-order valence-electron chi connectivity index (χ4n) is 1.99. The van der Waals surface area contributed by atoms with Crippen molar-refractivity contribution >= 4 is 24.2 Å². The van der Waals surface area contributed by atoms with Crippen LogP contribution in [0.1, 0.15) is 15.9 Å². The normalized spacial score (nSPS) is 12.0. The molecule has 0 atom stereocenters. The first-order valence-electron chi connectivity index (χ1n) is 6.75. The van der Waals surface area contributed by atoms with Gasteiger partial charge in [0.05, 0.1) is 18.4 Å². The molecule has 134 valence electrons. The largest absolute Gasteiger partial charge is 0.513 e. The number of anilines is 1. The summed E-state index contributed by atoms with van der Waals surface area (Å²) in [5.41, 5.74) is -2.26. The number of ether oxygens (including phenoxy) is 1. The summed E-state index contributed by atoms with van der Waals surface area (Å²) < 4.78 is 81.0. The van der Waals surface area contributed by atoms with Gasteiger partial charge in [0.1, 0.15) is 5.82 Å². The molecule has 0 bridgehead atoms. The number of hydrogen-bond acceptors (Lipinski definition) is 3. The molecule has 0 aliphatic rings. The lowest BCUT2D eigenvalue weighted by molar-refractivity contribution is -0.137. The fraction of sp³-hybridized carbons (Fsp3) is 0.143. The number of nitrogens with one attached hydrogen (secondary N) is 1. The van der Waals surface area contributed by atoms with Crippen LogP contribution in [0.5, 0.6) is 5.75 Å². The number of hydrogen-bond donors (Lipinski definition) is 1. The van der Waals surface area contributed by atoms with E-state index in [0.29, 0.717) is 12.1 Å². The van der Waals surface area contributed by atoms with Crippen LogP contribution < -0.4 is 15.5 Å². The highest BCUT2D eigenvalue weighted by Gasteiger charge is 2.31. The predicted molar refractivity (Wildman–Crippen MR) is 78.9 cm³/mol. The van der Waals surface area contributed by atoms with Gasteiger partial charge in [-0.15, -0.1) is 0 Å². The Balaban J connectivity index is 2.27. The highest BCUT2D eigenvalue weighted by atomic mass is 19.4. The van der Waals surface area contributed by atoms with Crippen LogP contribution in [0.3, 0.4) is 0 Å². The number of aromatic nitrogens is 1. The Labute approximate surface area is 137 Å². The van der Waals surface area contributed by atoms with Crippen molar-refractivity contribution in [2.24, 2.45) is 0 Å². The third-order valence-electron chi connectivity index (χ3n) is 3.18. The molecule has 1 amide bonds. The van der Waals surface area contributed by atoms with Crippen molar-refractivity contribution in [2.45, 2.75) is 6.18 Å². The van der Waals surface area contributed by atoms with Crippen LogP contribution in [0.25, 0.3) is 0 Å². The smallest absolute Gasteiger partial charge is 0.500 e. The van der Waals surface area contributed by atoms with E-state index in [1.165, 1.54) is 0 Å². The Morgan fingerprint density at radius 1 is 1.16 bits per heavy atom. The molecule has 1 aromatic carbocycles. The zero-order chi connectivity index (χ0) is 18.8. The number of carbonyl (C=O) groups excluding carboxylic acids is 1. The number of alkyl halides is 3. The SMILES string of the molecule is COc1cc(C(=O)Nc2cc(C(F)(F)F)ccn2)ccc1[B-](F)(F)F. The molecule has 2 rings (SSSR count). The maximum absolute atomic E-state index is 12.8. The van der Waals surface area contributed by atoms with Crippen molar-refractivity contribution in [3.05, 3.63) is 47.7 Å². The average molecular weight is 363 g/mol. The molecule has 0 saturated heterocycles. The van der Waals surface area contributed by atoms with Gasteiger partial charge in [-0.1, -0.05) is 17.6 Å². The van der Waals surface area contributed by atoms with E-state index in [0.717, 1.165) is 31.5 Å². The molecule has 25 heavy (non-hydrogen) atoms. The van der Waals surface area contributed by atoms with Gasteiger partial charge in [-0.05, 0) is 18.2 Å². The number of amides is 1. The van der Waals surface area contributed by atoms with Crippen molar-refractivity contribution in [1.82, 2.24) is 4.98 Å². The summed E-state index contributed by atoms with van der Waals surface area (Å²) >= 11 is 0. The Hall–Kier alpha value is -2.72. The minimum atomic E-state index is -5.34. The molecule has 0 aliphatic carbocycles. The zero-order valence-corrected chi connectivity index (χ0v) is 12.6. The molecular weight excluding hydrogens is 353 g/mol. The van der Waals surface area contributed by atoms with Gasteiger partial charge in [0.25, 0.3) is 5.91 Å². The minimum absolute atomic E-state index is 0.222. The number of halogens is 6. The lowest BCUT2D eigenvalue weighted by Crippen LogP contribution is -2.35. The first-order chi connectivity index (χ1) is 11.5. The number of nitrogens with zero attached hydrogens (tertiary/aromatic N) is 1. The Bertz CT molecular complexity index is 792. The van der Waals surface area contributed by atoms with Crippen molar-refractivity contribution in [2.75, 3.05) is 12.4 Å². The average Bonchev–Trinajstić information content (AvgIpc) is 2.52. The molecule has 0 fully saturated rings. The standard InChI is InChI=1S/C14H10BF6N2O2/c1-25-11-6-8(2-3-10(11)15(19,20)21)13(24)23-12-7-9(4-5-22-12)14(16,17)18/h2-7H,1H3,(H,22,23,24)/q-1. The van der Waals surface area contributed by atoms with Crippen LogP contribution in [0, 0.1) is 0 Å². The zero-order valence-electron chi connectivity index (χ0n) is 12.6. The van der Waals surface area contributed by atoms with Crippen LogP contribution in [0.15, 0.2) is 36.5 Å². The Morgan fingerprint density at radius 2 is 1.84 bits per heavy atom. The second kappa shape index (κ2) is 6.65. The van der Waals surface area contributed by atoms with Gasteiger partial charge < -0.3 is 23.0 Å². The topological polar surface area (TPSA) is 51.2 Å². The molecule has 1 aromatic heterocycles. The number of pyridine rings is 1. The third kappa shape index (κ3) is 4.43. The monoisotopic (exact) mass is 363 g/mol. The quantitative estimate of drug-likeness (QED) is 0.669. The Kier molecular flexibility index (Phi) is 4.95. The molecule has 0 saturated carbocycles. The molecular formula is C14H10BF6N2O2-. The molecule has 0 aliphatic heterocycles. The molecule has 1 N–H and O–H groups in total. The van der Waals surface area contributed by atoms with Gasteiger partial charge in [0, 0.05) is 11.8 Å². The minimum Gasteiger partial charge on any atom is -0.500 e. The van der Waals surface area contributed by atoms with Crippen molar-refractivity contribution < 1.29 is 35.6 Å². The first-order valence-corrected chi connectivity index (χ1v) is 6.75. The molecule has 0 radical (unpaired) electrons. The van der Waals surface area contributed by atoms with Crippen LogP contribution >= 0.6 is 0 Å². The van der Waals surface area contributed by atoms with Crippen molar-refractivity contribution in [1.29, 1.82) is 0 Å². The lowest BCUT2D eigenvalue weighted by Gasteiger charge is -2.19. The number of carbonyl (C=O) groups is 1. The fourth-order valence-corrected chi connectivity index (χ4v) is 1.99. The summed E-state index contributed by atoms with van der Waals surface area (Å²) in [6.07, 6.45) is -3.77. The van der Waals surface area contributed by atoms with E-state index in [2.05, 4.69) is 15.0 Å². The summed E-state index contributed by atoms with van der Waals surface area (Å²) in [5.74, 6) is -1.87. The number of rotatable bonds is 4. The van der Waals surface area contributed by atoms with Crippen LogP contribution in [-0.4, -0.2) is 25.0 Å². The van der Waals surface area contributed by atoms with E-state index < -0.39 is 35.8 Å². The maximum Gasteiger partial charge on any atom is 0.513 e. The summed E-state index contributed by atoms with van der Waals surface area (Å²) in [6.45, 7) is -5.34. The van der Waals surface area contributed by atoms with E-state index in [9.17, 15) is 30.9 Å². The molecule has 11 heteroatoms. The molecule has 1 heterocycles.